The summed E-state index contributed by atoms with van der Waals surface area (Å²) >= 11 is 6.59. The largest absolute Gasteiger partial charge is 0.493 e. The molecule has 0 atom stereocenters. The molecule has 3 aromatic carbocycles. The third-order valence-electron chi connectivity index (χ3n) is 5.86. The molecule has 0 saturated carbocycles. The van der Waals surface area contributed by atoms with Gasteiger partial charge in [0.25, 0.3) is 0 Å². The molecule has 8 heteroatoms. The van der Waals surface area contributed by atoms with Crippen LogP contribution >= 0.6 is 11.6 Å². The Bertz CT molecular complexity index is 1550. The molecule has 1 heterocycles. The van der Waals surface area contributed by atoms with Gasteiger partial charge in [-0.05, 0) is 55.3 Å². The van der Waals surface area contributed by atoms with Crippen molar-refractivity contribution in [2.75, 3.05) is 19.5 Å². The van der Waals surface area contributed by atoms with E-state index in [0.717, 1.165) is 33.2 Å². The smallest absolute Gasteiger partial charge is 0.308 e. The number of rotatable bonds is 7. The van der Waals surface area contributed by atoms with Gasteiger partial charge in [-0.15, -0.1) is 0 Å². The van der Waals surface area contributed by atoms with Gasteiger partial charge in [-0.1, -0.05) is 41.4 Å². The highest BCUT2D eigenvalue weighted by Gasteiger charge is 2.18. The first kappa shape index (κ1) is 26.7. The summed E-state index contributed by atoms with van der Waals surface area (Å²) in [6.07, 6.45) is 4.65. The second kappa shape index (κ2) is 11.4. The Labute approximate surface area is 226 Å². The van der Waals surface area contributed by atoms with Crippen molar-refractivity contribution in [3.8, 4) is 28.4 Å². The maximum atomic E-state index is 13.1. The van der Waals surface area contributed by atoms with Gasteiger partial charge in [0.05, 0.1) is 31.6 Å². The van der Waals surface area contributed by atoms with Crippen LogP contribution in [0.5, 0.6) is 17.2 Å². The summed E-state index contributed by atoms with van der Waals surface area (Å²) in [4.78, 5) is 29.2. The van der Waals surface area contributed by atoms with Crippen LogP contribution in [0, 0.1) is 13.8 Å². The first-order chi connectivity index (χ1) is 18.2. The number of methoxy groups -OCH3 is 2. The average molecular weight is 531 g/mol. The van der Waals surface area contributed by atoms with Gasteiger partial charge in [-0.2, -0.15) is 0 Å². The average Bonchev–Trinajstić information content (AvgIpc) is 2.88. The summed E-state index contributed by atoms with van der Waals surface area (Å²) in [6.45, 7) is 5.32. The zero-order chi connectivity index (χ0) is 27.4. The Kier molecular flexibility index (Phi) is 7.98. The van der Waals surface area contributed by atoms with E-state index in [2.05, 4.69) is 16.4 Å². The lowest BCUT2D eigenvalue weighted by Gasteiger charge is -2.16. The van der Waals surface area contributed by atoms with Crippen LogP contribution in [-0.4, -0.2) is 31.1 Å². The van der Waals surface area contributed by atoms with Gasteiger partial charge >= 0.3 is 5.97 Å². The van der Waals surface area contributed by atoms with Gasteiger partial charge in [0.15, 0.2) is 11.5 Å². The number of amides is 1. The number of aromatic nitrogens is 1. The number of esters is 1. The highest BCUT2D eigenvalue weighted by Crippen LogP contribution is 2.40. The number of anilines is 1. The van der Waals surface area contributed by atoms with Crippen molar-refractivity contribution in [1.29, 1.82) is 0 Å². The monoisotopic (exact) mass is 530 g/mol. The number of ether oxygens (including phenoxy) is 3. The minimum atomic E-state index is -0.507. The lowest BCUT2D eigenvalue weighted by molar-refractivity contribution is -0.132. The fourth-order valence-electron chi connectivity index (χ4n) is 4.30. The van der Waals surface area contributed by atoms with Crippen LogP contribution in [0.15, 0.2) is 60.8 Å². The molecular weight excluding hydrogens is 504 g/mol. The molecule has 4 aromatic rings. The van der Waals surface area contributed by atoms with Crippen LogP contribution < -0.4 is 19.5 Å². The molecule has 0 spiro atoms. The van der Waals surface area contributed by atoms with E-state index < -0.39 is 5.97 Å². The number of nitrogens with one attached hydrogen (secondary N) is 1. The first-order valence-electron chi connectivity index (χ1n) is 11.8. The van der Waals surface area contributed by atoms with Crippen molar-refractivity contribution < 1.29 is 23.8 Å². The summed E-state index contributed by atoms with van der Waals surface area (Å²) in [7, 11) is 2.91. The number of hydrogen-bond acceptors (Lipinski definition) is 6. The van der Waals surface area contributed by atoms with Crippen LogP contribution in [-0.2, 0) is 9.59 Å². The number of aryl methyl sites for hydroxylation is 2. The third kappa shape index (κ3) is 5.63. The first-order valence-corrected chi connectivity index (χ1v) is 12.2. The topological polar surface area (TPSA) is 86.8 Å². The van der Waals surface area contributed by atoms with Crippen LogP contribution in [0.1, 0.15) is 23.6 Å². The quantitative estimate of drug-likeness (QED) is 0.161. The fraction of sp³-hybridized carbons (Fsp3) is 0.167. The molecule has 0 aliphatic rings. The van der Waals surface area contributed by atoms with E-state index in [-0.39, 0.29) is 11.7 Å². The van der Waals surface area contributed by atoms with Gasteiger partial charge in [0, 0.05) is 34.5 Å². The molecule has 0 unspecified atom stereocenters. The van der Waals surface area contributed by atoms with Crippen molar-refractivity contribution in [2.24, 2.45) is 0 Å². The van der Waals surface area contributed by atoms with Crippen LogP contribution in [0.2, 0.25) is 5.02 Å². The van der Waals surface area contributed by atoms with Crippen molar-refractivity contribution in [3.63, 3.8) is 0 Å². The van der Waals surface area contributed by atoms with E-state index in [1.165, 1.54) is 27.2 Å². The van der Waals surface area contributed by atoms with E-state index in [9.17, 15) is 9.59 Å². The predicted molar refractivity (Wildman–Crippen MR) is 150 cm³/mol. The maximum Gasteiger partial charge on any atom is 0.308 e. The molecule has 194 valence electrons. The zero-order valence-electron chi connectivity index (χ0n) is 21.7. The molecule has 1 amide bonds. The van der Waals surface area contributed by atoms with Gasteiger partial charge < -0.3 is 19.5 Å². The third-order valence-corrected chi connectivity index (χ3v) is 6.19. The molecule has 4 rings (SSSR count). The summed E-state index contributed by atoms with van der Waals surface area (Å²) in [5.74, 6) is -0.115. The van der Waals surface area contributed by atoms with Crippen molar-refractivity contribution in [3.05, 3.63) is 82.5 Å². The molecule has 0 aliphatic heterocycles. The number of halogens is 1. The number of carbonyl (C=O) groups is 2. The van der Waals surface area contributed by atoms with Crippen molar-refractivity contribution >= 4 is 46.1 Å². The molecule has 7 nitrogen and oxygen atoms in total. The Morgan fingerprint density at radius 1 is 1.00 bits per heavy atom. The van der Waals surface area contributed by atoms with E-state index in [4.69, 9.17) is 25.8 Å². The molecule has 0 aliphatic carbocycles. The van der Waals surface area contributed by atoms with E-state index in [1.54, 1.807) is 24.4 Å². The molecular formula is C30H27ClN2O5. The normalized spacial score (nSPS) is 11.0. The second-order valence-corrected chi connectivity index (χ2v) is 9.08. The number of nitrogens with zero attached hydrogens (tertiary/aromatic N) is 1. The van der Waals surface area contributed by atoms with E-state index >= 15 is 0 Å². The predicted octanol–water partition coefficient (Wildman–Crippen LogP) is 6.77. The Balaban J connectivity index is 1.72. The van der Waals surface area contributed by atoms with Gasteiger partial charge in [-0.25, -0.2) is 0 Å². The number of carbonyl (C=O) groups excluding carboxylic acids is 2. The highest BCUT2D eigenvalue weighted by atomic mass is 35.5. The standard InChI is InChI=1S/C30H27ClN2O5/c1-17-12-18(2)29-22(13-17)28(21-8-6-7-9-23(21)31)24(16-32-29)33-27(35)11-10-20-14-25(36-4)30(38-19(3)34)26(15-20)37-5/h6-16H,1-5H3,(H,33,35)/b11-10+. The lowest BCUT2D eigenvalue weighted by atomic mass is 9.96. The van der Waals surface area contributed by atoms with Gasteiger partial charge in [0.1, 0.15) is 0 Å². The minimum absolute atomic E-state index is 0.168. The van der Waals surface area contributed by atoms with Crippen molar-refractivity contribution in [2.45, 2.75) is 20.8 Å². The molecule has 0 radical (unpaired) electrons. The summed E-state index contributed by atoms with van der Waals surface area (Å²) < 4.78 is 15.9. The molecule has 0 saturated heterocycles. The number of pyridine rings is 1. The highest BCUT2D eigenvalue weighted by molar-refractivity contribution is 6.34. The van der Waals surface area contributed by atoms with Gasteiger partial charge in [-0.3, -0.25) is 14.6 Å². The van der Waals surface area contributed by atoms with E-state index in [1.807, 2.05) is 44.2 Å². The fourth-order valence-corrected chi connectivity index (χ4v) is 4.53. The number of hydrogen-bond donors (Lipinski definition) is 1. The molecule has 1 aromatic heterocycles. The van der Waals surface area contributed by atoms with E-state index in [0.29, 0.717) is 27.8 Å². The molecule has 38 heavy (non-hydrogen) atoms. The van der Waals surface area contributed by atoms with Crippen LogP contribution in [0.4, 0.5) is 5.69 Å². The number of benzene rings is 3. The SMILES string of the molecule is COc1cc(/C=C/C(=O)Nc2cnc3c(C)cc(C)cc3c2-c2ccccc2Cl)cc(OC)c1OC(C)=O. The van der Waals surface area contributed by atoms with Crippen LogP contribution in [0.25, 0.3) is 28.1 Å². The van der Waals surface area contributed by atoms with Crippen LogP contribution in [0.3, 0.4) is 0 Å². The summed E-state index contributed by atoms with van der Waals surface area (Å²) in [6, 6.07) is 14.9. The zero-order valence-corrected chi connectivity index (χ0v) is 22.5. The Morgan fingerprint density at radius 3 is 2.32 bits per heavy atom. The maximum absolute atomic E-state index is 13.1. The molecule has 1 N–H and O–H groups in total. The molecule has 0 bridgehead atoms. The van der Waals surface area contributed by atoms with Gasteiger partial charge in [0.2, 0.25) is 11.7 Å². The minimum Gasteiger partial charge on any atom is -0.493 e. The van der Waals surface area contributed by atoms with Crippen molar-refractivity contribution in [1.82, 2.24) is 4.98 Å². The summed E-state index contributed by atoms with van der Waals surface area (Å²) in [5.41, 5.74) is 5.68. The Morgan fingerprint density at radius 2 is 1.68 bits per heavy atom. The Hall–Kier alpha value is -4.36. The summed E-state index contributed by atoms with van der Waals surface area (Å²) in [5, 5.41) is 4.42. The lowest BCUT2D eigenvalue weighted by Crippen LogP contribution is -2.10. The number of fused-ring (bicyclic) bond motifs is 1. The molecule has 0 fully saturated rings. The second-order valence-electron chi connectivity index (χ2n) is 8.68.